The summed E-state index contributed by atoms with van der Waals surface area (Å²) in [5.74, 6) is -0.600. The molecule has 1 aromatic rings. The SMILES string of the molecule is CCCCC(=O)Nc1cnc(N2CCC(N3CCCCC3)CC2)c(C(=O)O)c1. The second-order valence-corrected chi connectivity index (χ2v) is 7.87. The van der Waals surface area contributed by atoms with Gasteiger partial charge in [-0.1, -0.05) is 19.8 Å². The molecule has 3 rings (SSSR count). The van der Waals surface area contributed by atoms with E-state index in [2.05, 4.69) is 20.1 Å². The molecule has 154 valence electrons. The number of hydrogen-bond acceptors (Lipinski definition) is 5. The van der Waals surface area contributed by atoms with Gasteiger partial charge in [0.2, 0.25) is 5.91 Å². The molecule has 2 aliphatic rings. The maximum atomic E-state index is 11.9. The number of nitrogens with zero attached hydrogens (tertiary/aromatic N) is 3. The van der Waals surface area contributed by atoms with Crippen molar-refractivity contribution in [3.05, 3.63) is 17.8 Å². The number of nitrogens with one attached hydrogen (secondary N) is 1. The number of pyridine rings is 1. The van der Waals surface area contributed by atoms with Crippen molar-refractivity contribution < 1.29 is 14.7 Å². The van der Waals surface area contributed by atoms with Crippen LogP contribution in [0.25, 0.3) is 0 Å². The minimum Gasteiger partial charge on any atom is -0.478 e. The minimum absolute atomic E-state index is 0.102. The number of piperidine rings is 2. The number of amides is 1. The first kappa shape index (κ1) is 20.6. The highest BCUT2D eigenvalue weighted by Crippen LogP contribution is 2.27. The maximum absolute atomic E-state index is 11.9. The van der Waals surface area contributed by atoms with Gasteiger partial charge < -0.3 is 20.2 Å². The molecule has 0 radical (unpaired) electrons. The molecule has 1 aromatic heterocycles. The van der Waals surface area contributed by atoms with Crippen LogP contribution in [-0.4, -0.2) is 59.1 Å². The van der Waals surface area contributed by atoms with E-state index < -0.39 is 5.97 Å². The molecule has 7 heteroatoms. The van der Waals surface area contributed by atoms with Crippen LogP contribution in [0.5, 0.6) is 0 Å². The largest absolute Gasteiger partial charge is 0.478 e. The summed E-state index contributed by atoms with van der Waals surface area (Å²) in [4.78, 5) is 32.8. The third kappa shape index (κ3) is 5.22. The normalized spacial score (nSPS) is 18.8. The highest BCUT2D eigenvalue weighted by Gasteiger charge is 2.28. The summed E-state index contributed by atoms with van der Waals surface area (Å²) in [7, 11) is 0. The first-order valence-electron chi connectivity index (χ1n) is 10.6. The Hall–Kier alpha value is -2.15. The number of rotatable bonds is 7. The van der Waals surface area contributed by atoms with Gasteiger partial charge in [-0.3, -0.25) is 4.79 Å². The summed E-state index contributed by atoms with van der Waals surface area (Å²) < 4.78 is 0. The summed E-state index contributed by atoms with van der Waals surface area (Å²) in [6, 6.07) is 2.13. The minimum atomic E-state index is -1.01. The van der Waals surface area contributed by atoms with Crippen molar-refractivity contribution in [2.45, 2.75) is 64.3 Å². The van der Waals surface area contributed by atoms with Crippen molar-refractivity contribution in [3.8, 4) is 0 Å². The first-order valence-corrected chi connectivity index (χ1v) is 10.6. The number of likely N-dealkylation sites (tertiary alicyclic amines) is 1. The molecule has 3 heterocycles. The van der Waals surface area contributed by atoms with Crippen molar-refractivity contribution in [1.29, 1.82) is 0 Å². The van der Waals surface area contributed by atoms with Gasteiger partial charge in [0.15, 0.2) is 0 Å². The molecule has 1 amide bonds. The molecule has 0 unspecified atom stereocenters. The fourth-order valence-corrected chi connectivity index (χ4v) is 4.22. The number of aromatic nitrogens is 1. The fraction of sp³-hybridized carbons (Fsp3) is 0.667. The third-order valence-corrected chi connectivity index (χ3v) is 5.81. The van der Waals surface area contributed by atoms with Gasteiger partial charge in [0.05, 0.1) is 11.9 Å². The van der Waals surface area contributed by atoms with Crippen LogP contribution in [0.2, 0.25) is 0 Å². The molecule has 2 fully saturated rings. The van der Waals surface area contributed by atoms with Gasteiger partial charge >= 0.3 is 5.97 Å². The molecule has 0 bridgehead atoms. The second-order valence-electron chi connectivity index (χ2n) is 7.87. The van der Waals surface area contributed by atoms with E-state index in [9.17, 15) is 14.7 Å². The van der Waals surface area contributed by atoms with Gasteiger partial charge in [-0.25, -0.2) is 9.78 Å². The lowest BCUT2D eigenvalue weighted by molar-refractivity contribution is -0.116. The Bertz CT molecular complexity index is 680. The molecular weight excluding hydrogens is 356 g/mol. The van der Waals surface area contributed by atoms with Gasteiger partial charge in [-0.05, 0) is 51.3 Å². The van der Waals surface area contributed by atoms with E-state index >= 15 is 0 Å². The molecular formula is C21H32N4O3. The first-order chi connectivity index (χ1) is 13.6. The van der Waals surface area contributed by atoms with Crippen LogP contribution in [0, 0.1) is 0 Å². The molecule has 0 atom stereocenters. The summed E-state index contributed by atoms with van der Waals surface area (Å²) in [5.41, 5.74) is 0.607. The lowest BCUT2D eigenvalue weighted by Gasteiger charge is -2.40. The predicted molar refractivity (Wildman–Crippen MR) is 110 cm³/mol. The number of carbonyl (C=O) groups is 2. The van der Waals surface area contributed by atoms with E-state index in [4.69, 9.17) is 0 Å². The zero-order valence-electron chi connectivity index (χ0n) is 16.8. The Morgan fingerprint density at radius 3 is 2.54 bits per heavy atom. The zero-order valence-corrected chi connectivity index (χ0v) is 16.8. The molecule has 0 spiro atoms. The average Bonchev–Trinajstić information content (AvgIpc) is 2.73. The highest BCUT2D eigenvalue weighted by molar-refractivity contribution is 5.97. The number of hydrogen-bond donors (Lipinski definition) is 2. The Morgan fingerprint density at radius 1 is 1.18 bits per heavy atom. The van der Waals surface area contributed by atoms with E-state index in [0.29, 0.717) is 24.0 Å². The Labute approximate surface area is 167 Å². The Kier molecular flexibility index (Phi) is 7.25. The van der Waals surface area contributed by atoms with Crippen LogP contribution in [0.4, 0.5) is 11.5 Å². The summed E-state index contributed by atoms with van der Waals surface area (Å²) >= 11 is 0. The molecule has 28 heavy (non-hydrogen) atoms. The maximum Gasteiger partial charge on any atom is 0.339 e. The van der Waals surface area contributed by atoms with Crippen LogP contribution in [0.15, 0.2) is 12.3 Å². The second kappa shape index (κ2) is 9.87. The number of aromatic carboxylic acids is 1. The van der Waals surface area contributed by atoms with Crippen LogP contribution >= 0.6 is 0 Å². The number of unbranched alkanes of at least 4 members (excludes halogenated alkanes) is 1. The van der Waals surface area contributed by atoms with E-state index in [-0.39, 0.29) is 11.5 Å². The van der Waals surface area contributed by atoms with Gasteiger partial charge in [-0.15, -0.1) is 0 Å². The lowest BCUT2D eigenvalue weighted by Crippen LogP contribution is -2.47. The van der Waals surface area contributed by atoms with Gasteiger partial charge in [0, 0.05) is 25.6 Å². The average molecular weight is 389 g/mol. The molecule has 2 N–H and O–H groups in total. The zero-order chi connectivity index (χ0) is 19.9. The molecule has 7 nitrogen and oxygen atoms in total. The molecule has 2 aliphatic heterocycles. The van der Waals surface area contributed by atoms with E-state index in [0.717, 1.165) is 38.8 Å². The smallest absolute Gasteiger partial charge is 0.339 e. The van der Waals surface area contributed by atoms with Gasteiger partial charge in [0.25, 0.3) is 0 Å². The van der Waals surface area contributed by atoms with Crippen molar-refractivity contribution in [2.24, 2.45) is 0 Å². The topological polar surface area (TPSA) is 85.8 Å². The van der Waals surface area contributed by atoms with E-state index in [1.54, 1.807) is 6.20 Å². The number of carbonyl (C=O) groups excluding carboxylic acids is 1. The summed E-state index contributed by atoms with van der Waals surface area (Å²) in [6.07, 6.45) is 9.75. The number of carboxylic acids is 1. The predicted octanol–water partition coefficient (Wildman–Crippen LogP) is 3.36. The van der Waals surface area contributed by atoms with E-state index in [1.165, 1.54) is 38.4 Å². The Balaban J connectivity index is 1.64. The lowest BCUT2D eigenvalue weighted by atomic mass is 9.99. The quantitative estimate of drug-likeness (QED) is 0.745. The van der Waals surface area contributed by atoms with Crippen molar-refractivity contribution >= 4 is 23.4 Å². The third-order valence-electron chi connectivity index (χ3n) is 5.81. The summed E-state index contributed by atoms with van der Waals surface area (Å²) in [6.45, 7) is 6.04. The van der Waals surface area contributed by atoms with Crippen molar-refractivity contribution in [1.82, 2.24) is 9.88 Å². The van der Waals surface area contributed by atoms with Crippen LogP contribution in [0.1, 0.15) is 68.6 Å². The van der Waals surface area contributed by atoms with Crippen molar-refractivity contribution in [3.63, 3.8) is 0 Å². The van der Waals surface area contributed by atoms with Crippen LogP contribution in [0.3, 0.4) is 0 Å². The Morgan fingerprint density at radius 2 is 1.89 bits per heavy atom. The standard InChI is InChI=1S/C21H32N4O3/c1-2-3-7-19(26)23-16-14-18(21(27)28)20(22-15-16)25-12-8-17(9-13-25)24-10-5-4-6-11-24/h14-15,17H,2-13H2,1H3,(H,23,26)(H,27,28). The summed E-state index contributed by atoms with van der Waals surface area (Å²) in [5, 5.41) is 12.4. The number of anilines is 2. The van der Waals surface area contributed by atoms with E-state index in [1.807, 2.05) is 6.92 Å². The number of carboxylic acid groups (broad SMARTS) is 1. The van der Waals surface area contributed by atoms with Crippen LogP contribution in [-0.2, 0) is 4.79 Å². The van der Waals surface area contributed by atoms with Crippen molar-refractivity contribution in [2.75, 3.05) is 36.4 Å². The fourth-order valence-electron chi connectivity index (χ4n) is 4.22. The van der Waals surface area contributed by atoms with Gasteiger partial charge in [-0.2, -0.15) is 0 Å². The van der Waals surface area contributed by atoms with Crippen LogP contribution < -0.4 is 10.2 Å². The van der Waals surface area contributed by atoms with Gasteiger partial charge in [0.1, 0.15) is 11.4 Å². The molecule has 0 aliphatic carbocycles. The molecule has 0 aromatic carbocycles. The molecule has 0 saturated carbocycles. The molecule has 2 saturated heterocycles. The highest BCUT2D eigenvalue weighted by atomic mass is 16.4. The monoisotopic (exact) mass is 388 g/mol.